The predicted molar refractivity (Wildman–Crippen MR) is 67.2 cm³/mol. The molecule has 2 unspecified atom stereocenters. The number of likely N-dealkylation sites (tertiary alicyclic amines) is 1. The topological polar surface area (TPSA) is 60.9 Å². The van der Waals surface area contributed by atoms with Gasteiger partial charge in [0, 0.05) is 19.1 Å². The Labute approximate surface area is 108 Å². The Morgan fingerprint density at radius 3 is 2.50 bits per heavy atom. The van der Waals surface area contributed by atoms with Crippen LogP contribution in [0.4, 0.5) is 0 Å². The van der Waals surface area contributed by atoms with Crippen molar-refractivity contribution in [1.29, 1.82) is 0 Å². The van der Waals surface area contributed by atoms with Gasteiger partial charge in [0.25, 0.3) is 0 Å². The van der Waals surface area contributed by atoms with Gasteiger partial charge in [-0.05, 0) is 39.2 Å². The zero-order chi connectivity index (χ0) is 13.3. The molecule has 1 aliphatic heterocycles. The molecule has 1 aliphatic carbocycles. The number of nitrogens with zero attached hydrogens (tertiary/aromatic N) is 2. The number of hydrogen-bond donors (Lipinski definition) is 1. The molecule has 2 aliphatic rings. The van der Waals surface area contributed by atoms with Gasteiger partial charge in [0.15, 0.2) is 0 Å². The fourth-order valence-electron chi connectivity index (χ4n) is 2.63. The number of hydrogen-bond acceptors (Lipinski definition) is 3. The average Bonchev–Trinajstić information content (AvgIpc) is 3.14. The number of amides is 1. The third kappa shape index (κ3) is 3.02. The summed E-state index contributed by atoms with van der Waals surface area (Å²) in [6.07, 6.45) is 3.55. The first kappa shape index (κ1) is 13.3. The second-order valence-electron chi connectivity index (χ2n) is 5.61. The van der Waals surface area contributed by atoms with Crippen LogP contribution in [0.25, 0.3) is 0 Å². The van der Waals surface area contributed by atoms with E-state index >= 15 is 0 Å². The van der Waals surface area contributed by atoms with E-state index in [-0.39, 0.29) is 17.9 Å². The van der Waals surface area contributed by atoms with Gasteiger partial charge >= 0.3 is 5.97 Å². The van der Waals surface area contributed by atoms with Crippen LogP contribution in [0.15, 0.2) is 0 Å². The van der Waals surface area contributed by atoms with Crippen LogP contribution in [0.3, 0.4) is 0 Å². The molecule has 1 N–H and O–H groups in total. The van der Waals surface area contributed by atoms with E-state index in [2.05, 4.69) is 4.90 Å². The highest BCUT2D eigenvalue weighted by molar-refractivity contribution is 5.78. The van der Waals surface area contributed by atoms with E-state index in [4.69, 9.17) is 5.11 Å². The maximum Gasteiger partial charge on any atom is 0.306 e. The van der Waals surface area contributed by atoms with E-state index in [0.717, 1.165) is 12.8 Å². The molecule has 18 heavy (non-hydrogen) atoms. The van der Waals surface area contributed by atoms with E-state index < -0.39 is 5.97 Å². The third-order valence-electron chi connectivity index (χ3n) is 4.19. The molecule has 2 fully saturated rings. The highest BCUT2D eigenvalue weighted by Gasteiger charge is 2.33. The Hall–Kier alpha value is -1.10. The van der Waals surface area contributed by atoms with Gasteiger partial charge in [-0.3, -0.25) is 14.5 Å². The van der Waals surface area contributed by atoms with E-state index in [1.54, 1.807) is 0 Å². The van der Waals surface area contributed by atoms with Crippen LogP contribution in [-0.4, -0.2) is 59.0 Å². The highest BCUT2D eigenvalue weighted by atomic mass is 16.4. The fraction of sp³-hybridized carbons (Fsp3) is 0.846. The number of carboxylic acids is 1. The average molecular weight is 254 g/mol. The maximum absolute atomic E-state index is 12.0. The number of piperidine rings is 1. The molecule has 1 saturated carbocycles. The molecule has 0 aromatic heterocycles. The Morgan fingerprint density at radius 2 is 2.00 bits per heavy atom. The second kappa shape index (κ2) is 5.26. The number of rotatable bonds is 4. The molecule has 0 spiro atoms. The number of likely N-dealkylation sites (N-methyl/N-ethyl adjacent to an activating group) is 1. The standard InChI is InChI=1S/C13H22N2O3/c1-9-7-10(13(17)18)5-6-15(9)8-12(16)14(2)11-3-4-11/h9-11H,3-8H2,1-2H3,(H,17,18). The molecule has 2 rings (SSSR count). The summed E-state index contributed by atoms with van der Waals surface area (Å²) in [5.74, 6) is -0.784. The maximum atomic E-state index is 12.0. The SMILES string of the molecule is CC1CC(C(=O)O)CCN1CC(=O)N(C)C1CC1. The molecular weight excluding hydrogens is 232 g/mol. The van der Waals surface area contributed by atoms with Crippen LogP contribution in [-0.2, 0) is 9.59 Å². The summed E-state index contributed by atoms with van der Waals surface area (Å²) in [4.78, 5) is 26.9. The van der Waals surface area contributed by atoms with Crippen LogP contribution < -0.4 is 0 Å². The van der Waals surface area contributed by atoms with Crippen molar-refractivity contribution in [2.45, 2.75) is 44.7 Å². The number of carbonyl (C=O) groups excluding carboxylic acids is 1. The first-order chi connectivity index (χ1) is 8.49. The quantitative estimate of drug-likeness (QED) is 0.806. The zero-order valence-electron chi connectivity index (χ0n) is 11.1. The van der Waals surface area contributed by atoms with Gasteiger partial charge in [-0.25, -0.2) is 0 Å². The highest BCUT2D eigenvalue weighted by Crippen LogP contribution is 2.27. The lowest BCUT2D eigenvalue weighted by molar-refractivity contribution is -0.144. The van der Waals surface area contributed by atoms with Crippen molar-refractivity contribution < 1.29 is 14.7 Å². The summed E-state index contributed by atoms with van der Waals surface area (Å²) in [6, 6.07) is 0.626. The van der Waals surface area contributed by atoms with Gasteiger partial charge in [-0.15, -0.1) is 0 Å². The third-order valence-corrected chi connectivity index (χ3v) is 4.19. The first-order valence-corrected chi connectivity index (χ1v) is 6.71. The van der Waals surface area contributed by atoms with Crippen molar-refractivity contribution in [3.8, 4) is 0 Å². The van der Waals surface area contributed by atoms with Crippen molar-refractivity contribution in [1.82, 2.24) is 9.80 Å². The Kier molecular flexibility index (Phi) is 3.90. The monoisotopic (exact) mass is 254 g/mol. The molecular formula is C13H22N2O3. The largest absolute Gasteiger partial charge is 0.481 e. The fourth-order valence-corrected chi connectivity index (χ4v) is 2.63. The van der Waals surface area contributed by atoms with E-state index in [1.165, 1.54) is 0 Å². The molecule has 1 saturated heterocycles. The normalized spacial score (nSPS) is 29.0. The molecule has 5 heteroatoms. The Morgan fingerprint density at radius 1 is 1.33 bits per heavy atom. The minimum absolute atomic E-state index is 0.165. The van der Waals surface area contributed by atoms with Crippen LogP contribution in [0, 0.1) is 5.92 Å². The van der Waals surface area contributed by atoms with Crippen molar-refractivity contribution in [3.63, 3.8) is 0 Å². The van der Waals surface area contributed by atoms with E-state index in [1.807, 2.05) is 18.9 Å². The smallest absolute Gasteiger partial charge is 0.306 e. The predicted octanol–water partition coefficient (Wildman–Crippen LogP) is 0.792. The van der Waals surface area contributed by atoms with Crippen molar-refractivity contribution in [2.75, 3.05) is 20.1 Å². The number of carbonyl (C=O) groups is 2. The number of carboxylic acid groups (broad SMARTS) is 1. The summed E-state index contributed by atoms with van der Waals surface area (Å²) >= 11 is 0. The molecule has 2 atom stereocenters. The molecule has 102 valence electrons. The summed E-state index contributed by atoms with van der Waals surface area (Å²) < 4.78 is 0. The minimum atomic E-state index is -0.706. The summed E-state index contributed by atoms with van der Waals surface area (Å²) in [5.41, 5.74) is 0. The Bertz CT molecular complexity index is 341. The van der Waals surface area contributed by atoms with Gasteiger partial charge < -0.3 is 10.0 Å². The van der Waals surface area contributed by atoms with Gasteiger partial charge in [0.05, 0.1) is 12.5 Å². The van der Waals surface area contributed by atoms with Crippen LogP contribution >= 0.6 is 0 Å². The molecule has 1 amide bonds. The van der Waals surface area contributed by atoms with E-state index in [9.17, 15) is 9.59 Å². The van der Waals surface area contributed by atoms with Crippen molar-refractivity contribution in [2.24, 2.45) is 5.92 Å². The lowest BCUT2D eigenvalue weighted by Gasteiger charge is -2.36. The molecule has 1 heterocycles. The minimum Gasteiger partial charge on any atom is -0.481 e. The number of aliphatic carboxylic acids is 1. The first-order valence-electron chi connectivity index (χ1n) is 6.71. The summed E-state index contributed by atoms with van der Waals surface area (Å²) in [6.45, 7) is 3.16. The van der Waals surface area contributed by atoms with Crippen molar-refractivity contribution in [3.05, 3.63) is 0 Å². The lowest BCUT2D eigenvalue weighted by Crippen LogP contribution is -2.48. The van der Waals surface area contributed by atoms with Gasteiger partial charge in [-0.1, -0.05) is 0 Å². The summed E-state index contributed by atoms with van der Waals surface area (Å²) in [5, 5.41) is 9.00. The zero-order valence-corrected chi connectivity index (χ0v) is 11.1. The summed E-state index contributed by atoms with van der Waals surface area (Å²) in [7, 11) is 1.87. The molecule has 0 aromatic carbocycles. The second-order valence-corrected chi connectivity index (χ2v) is 5.61. The van der Waals surface area contributed by atoms with Gasteiger partial charge in [-0.2, -0.15) is 0 Å². The molecule has 5 nitrogen and oxygen atoms in total. The molecule has 0 bridgehead atoms. The van der Waals surface area contributed by atoms with E-state index in [0.29, 0.717) is 32.0 Å². The molecule has 0 radical (unpaired) electrons. The molecule has 0 aromatic rings. The Balaban J connectivity index is 1.83. The van der Waals surface area contributed by atoms with Gasteiger partial charge in [0.1, 0.15) is 0 Å². The van der Waals surface area contributed by atoms with Gasteiger partial charge in [0.2, 0.25) is 5.91 Å². The lowest BCUT2D eigenvalue weighted by atomic mass is 9.92. The van der Waals surface area contributed by atoms with Crippen LogP contribution in [0.5, 0.6) is 0 Å². The van der Waals surface area contributed by atoms with Crippen LogP contribution in [0.2, 0.25) is 0 Å². The van der Waals surface area contributed by atoms with Crippen molar-refractivity contribution >= 4 is 11.9 Å². The van der Waals surface area contributed by atoms with Crippen LogP contribution in [0.1, 0.15) is 32.6 Å².